The van der Waals surface area contributed by atoms with Crippen molar-refractivity contribution in [3.8, 4) is 0 Å². The van der Waals surface area contributed by atoms with E-state index in [1.165, 1.54) is 63.4 Å². The minimum atomic E-state index is -0.123. The zero-order chi connectivity index (χ0) is 13.9. The maximum atomic E-state index is 13.0. The Bertz CT molecular complexity index is 315. The molecule has 0 fully saturated rings. The van der Waals surface area contributed by atoms with E-state index < -0.39 is 0 Å². The van der Waals surface area contributed by atoms with Gasteiger partial charge in [0.25, 0.3) is 0 Å². The summed E-state index contributed by atoms with van der Waals surface area (Å²) in [5.41, 5.74) is 1.33. The second-order valence-corrected chi connectivity index (χ2v) is 5.59. The lowest BCUT2D eigenvalue weighted by atomic mass is 9.88. The molecule has 0 aliphatic heterocycles. The SMILES string of the molecule is CCCCCCC(CCCCC)c1ccc(F)cc1. The number of unbranched alkanes of at least 4 members (excludes halogenated alkanes) is 5. The lowest BCUT2D eigenvalue weighted by Gasteiger charge is -2.17. The van der Waals surface area contributed by atoms with Gasteiger partial charge < -0.3 is 0 Å². The van der Waals surface area contributed by atoms with Gasteiger partial charge in [-0.15, -0.1) is 0 Å². The Hall–Kier alpha value is -0.850. The summed E-state index contributed by atoms with van der Waals surface area (Å²) < 4.78 is 13.0. The summed E-state index contributed by atoms with van der Waals surface area (Å²) in [6.45, 7) is 4.49. The highest BCUT2D eigenvalue weighted by molar-refractivity contribution is 5.20. The van der Waals surface area contributed by atoms with Gasteiger partial charge >= 0.3 is 0 Å². The average Bonchev–Trinajstić information content (AvgIpc) is 2.43. The molecule has 1 unspecified atom stereocenters. The minimum Gasteiger partial charge on any atom is -0.207 e. The normalized spacial score (nSPS) is 12.6. The van der Waals surface area contributed by atoms with E-state index in [0.717, 1.165) is 0 Å². The van der Waals surface area contributed by atoms with Crippen molar-refractivity contribution in [1.29, 1.82) is 0 Å². The summed E-state index contributed by atoms with van der Waals surface area (Å²) >= 11 is 0. The van der Waals surface area contributed by atoms with E-state index >= 15 is 0 Å². The number of rotatable bonds is 10. The molecule has 19 heavy (non-hydrogen) atoms. The molecule has 1 aromatic rings. The van der Waals surface area contributed by atoms with Gasteiger partial charge in [0.1, 0.15) is 5.82 Å². The Balaban J connectivity index is 2.49. The minimum absolute atomic E-state index is 0.123. The second kappa shape index (κ2) is 10.00. The van der Waals surface area contributed by atoms with Crippen molar-refractivity contribution in [2.24, 2.45) is 0 Å². The van der Waals surface area contributed by atoms with Crippen LogP contribution in [0, 0.1) is 5.82 Å². The lowest BCUT2D eigenvalue weighted by molar-refractivity contribution is 0.500. The molecule has 0 N–H and O–H groups in total. The van der Waals surface area contributed by atoms with E-state index in [0.29, 0.717) is 5.92 Å². The van der Waals surface area contributed by atoms with Crippen molar-refractivity contribution in [1.82, 2.24) is 0 Å². The van der Waals surface area contributed by atoms with Gasteiger partial charge in [0.05, 0.1) is 0 Å². The Labute approximate surface area is 118 Å². The van der Waals surface area contributed by atoms with Crippen molar-refractivity contribution in [2.45, 2.75) is 77.6 Å². The van der Waals surface area contributed by atoms with E-state index in [1.54, 1.807) is 12.1 Å². The molecule has 0 saturated heterocycles. The summed E-state index contributed by atoms with van der Waals surface area (Å²) in [7, 11) is 0. The van der Waals surface area contributed by atoms with Gasteiger partial charge in [-0.2, -0.15) is 0 Å². The Morgan fingerprint density at radius 3 is 1.89 bits per heavy atom. The fourth-order valence-electron chi connectivity index (χ4n) is 2.67. The van der Waals surface area contributed by atoms with Crippen LogP contribution < -0.4 is 0 Å². The first kappa shape index (κ1) is 16.2. The van der Waals surface area contributed by atoms with Gasteiger partial charge in [0.15, 0.2) is 0 Å². The lowest BCUT2D eigenvalue weighted by Crippen LogP contribution is -2.00. The van der Waals surface area contributed by atoms with E-state index in [-0.39, 0.29) is 5.82 Å². The number of hydrogen-bond donors (Lipinski definition) is 0. The summed E-state index contributed by atoms with van der Waals surface area (Å²) in [6, 6.07) is 7.17. The molecular weight excluding hydrogens is 235 g/mol. The van der Waals surface area contributed by atoms with Crippen LogP contribution in [0.25, 0.3) is 0 Å². The number of benzene rings is 1. The van der Waals surface area contributed by atoms with E-state index in [2.05, 4.69) is 13.8 Å². The molecule has 0 aliphatic carbocycles. The molecule has 0 bridgehead atoms. The van der Waals surface area contributed by atoms with Gasteiger partial charge in [-0.3, -0.25) is 0 Å². The molecule has 108 valence electrons. The molecule has 0 aromatic heterocycles. The third-order valence-electron chi connectivity index (χ3n) is 3.90. The molecule has 0 amide bonds. The van der Waals surface area contributed by atoms with Crippen LogP contribution in [-0.2, 0) is 0 Å². The maximum Gasteiger partial charge on any atom is 0.123 e. The molecule has 0 heterocycles. The van der Waals surface area contributed by atoms with Crippen LogP contribution in [0.15, 0.2) is 24.3 Å². The van der Waals surface area contributed by atoms with Gasteiger partial charge in [0, 0.05) is 0 Å². The van der Waals surface area contributed by atoms with Crippen molar-refractivity contribution >= 4 is 0 Å². The van der Waals surface area contributed by atoms with Crippen molar-refractivity contribution in [2.75, 3.05) is 0 Å². The number of hydrogen-bond acceptors (Lipinski definition) is 0. The second-order valence-electron chi connectivity index (χ2n) is 5.59. The van der Waals surface area contributed by atoms with Crippen LogP contribution in [0.4, 0.5) is 4.39 Å². The highest BCUT2D eigenvalue weighted by atomic mass is 19.1. The van der Waals surface area contributed by atoms with Crippen molar-refractivity contribution < 1.29 is 4.39 Å². The fraction of sp³-hybridized carbons (Fsp3) is 0.667. The Kier molecular flexibility index (Phi) is 8.53. The Morgan fingerprint density at radius 1 is 0.789 bits per heavy atom. The molecule has 1 heteroatoms. The van der Waals surface area contributed by atoms with Crippen LogP contribution in [0.5, 0.6) is 0 Å². The van der Waals surface area contributed by atoms with Crippen LogP contribution in [0.3, 0.4) is 0 Å². The zero-order valence-electron chi connectivity index (χ0n) is 12.6. The largest absolute Gasteiger partial charge is 0.207 e. The molecular formula is C18H29F. The molecule has 0 radical (unpaired) electrons. The summed E-state index contributed by atoms with van der Waals surface area (Å²) in [5, 5.41) is 0. The van der Waals surface area contributed by atoms with Crippen molar-refractivity contribution in [3.05, 3.63) is 35.6 Å². The topological polar surface area (TPSA) is 0 Å². The summed E-state index contributed by atoms with van der Waals surface area (Å²) in [5.74, 6) is 0.506. The van der Waals surface area contributed by atoms with Gasteiger partial charge in [-0.1, -0.05) is 70.9 Å². The molecule has 1 atom stereocenters. The quantitative estimate of drug-likeness (QED) is 0.425. The molecule has 0 saturated carbocycles. The average molecular weight is 264 g/mol. The van der Waals surface area contributed by atoms with E-state index in [9.17, 15) is 4.39 Å². The molecule has 1 rings (SSSR count). The maximum absolute atomic E-state index is 13.0. The monoisotopic (exact) mass is 264 g/mol. The Morgan fingerprint density at radius 2 is 1.32 bits per heavy atom. The highest BCUT2D eigenvalue weighted by Crippen LogP contribution is 2.28. The number of halogens is 1. The smallest absolute Gasteiger partial charge is 0.123 e. The van der Waals surface area contributed by atoms with Crippen LogP contribution in [0.1, 0.15) is 83.1 Å². The molecule has 0 aliphatic rings. The first-order valence-corrected chi connectivity index (χ1v) is 8.03. The highest BCUT2D eigenvalue weighted by Gasteiger charge is 2.11. The molecule has 1 aromatic carbocycles. The van der Waals surface area contributed by atoms with Crippen LogP contribution >= 0.6 is 0 Å². The first-order chi connectivity index (χ1) is 9.27. The zero-order valence-corrected chi connectivity index (χ0v) is 12.6. The van der Waals surface area contributed by atoms with E-state index in [4.69, 9.17) is 0 Å². The van der Waals surface area contributed by atoms with Gasteiger partial charge in [-0.05, 0) is 36.5 Å². The van der Waals surface area contributed by atoms with Gasteiger partial charge in [0.2, 0.25) is 0 Å². The standard InChI is InChI=1S/C18H29F/c1-3-5-7-9-11-16(10-8-6-4-2)17-12-14-18(19)15-13-17/h12-16H,3-11H2,1-2H3. The summed E-state index contributed by atoms with van der Waals surface area (Å²) in [6.07, 6.45) is 11.7. The predicted octanol–water partition coefficient (Wildman–Crippen LogP) is 6.46. The van der Waals surface area contributed by atoms with Crippen LogP contribution in [-0.4, -0.2) is 0 Å². The predicted molar refractivity (Wildman–Crippen MR) is 82.0 cm³/mol. The fourth-order valence-corrected chi connectivity index (χ4v) is 2.67. The van der Waals surface area contributed by atoms with Gasteiger partial charge in [-0.25, -0.2) is 4.39 Å². The van der Waals surface area contributed by atoms with Crippen molar-refractivity contribution in [3.63, 3.8) is 0 Å². The summed E-state index contributed by atoms with van der Waals surface area (Å²) in [4.78, 5) is 0. The first-order valence-electron chi connectivity index (χ1n) is 8.03. The third-order valence-corrected chi connectivity index (χ3v) is 3.90. The molecule has 0 spiro atoms. The van der Waals surface area contributed by atoms with Crippen LogP contribution in [0.2, 0.25) is 0 Å². The molecule has 0 nitrogen and oxygen atoms in total. The third kappa shape index (κ3) is 6.75. The van der Waals surface area contributed by atoms with E-state index in [1.807, 2.05) is 12.1 Å².